The zero-order chi connectivity index (χ0) is 20.4. The fourth-order valence-corrected chi connectivity index (χ4v) is 3.34. The first kappa shape index (κ1) is 18.7. The zero-order valence-corrected chi connectivity index (χ0v) is 15.2. The van der Waals surface area contributed by atoms with Crippen molar-refractivity contribution in [2.75, 3.05) is 0 Å². The standard InChI is InChI=1S/C20H16FN3O5/c21-15-6-4-14(5-7-15)20(10-1-11-20)19(25)28-12-17-22-18(23-29-17)13-2-8-16(9-3-13)24(26)27/h2-9H,1,10-12H2. The molecule has 0 radical (unpaired) electrons. The van der Waals surface area contributed by atoms with Crippen LogP contribution in [0, 0.1) is 15.9 Å². The smallest absolute Gasteiger partial charge is 0.317 e. The maximum Gasteiger partial charge on any atom is 0.317 e. The molecule has 1 aromatic heterocycles. The fraction of sp³-hybridized carbons (Fsp3) is 0.250. The number of esters is 1. The molecular weight excluding hydrogens is 381 g/mol. The number of hydrogen-bond acceptors (Lipinski definition) is 7. The topological polar surface area (TPSA) is 108 Å². The maximum atomic E-state index is 13.2. The summed E-state index contributed by atoms with van der Waals surface area (Å²) in [5.74, 6) is -0.421. The Balaban J connectivity index is 1.43. The average molecular weight is 397 g/mol. The van der Waals surface area contributed by atoms with Gasteiger partial charge < -0.3 is 9.26 Å². The summed E-state index contributed by atoms with van der Waals surface area (Å²) in [6, 6.07) is 11.6. The number of hydrogen-bond donors (Lipinski definition) is 0. The van der Waals surface area contributed by atoms with Gasteiger partial charge in [0, 0.05) is 17.7 Å². The minimum Gasteiger partial charge on any atom is -0.455 e. The average Bonchev–Trinajstić information content (AvgIpc) is 3.16. The van der Waals surface area contributed by atoms with Gasteiger partial charge in [0.1, 0.15) is 5.82 Å². The first-order chi connectivity index (χ1) is 14.0. The molecule has 29 heavy (non-hydrogen) atoms. The minimum absolute atomic E-state index is 0.0435. The summed E-state index contributed by atoms with van der Waals surface area (Å²) < 4.78 is 23.7. The monoisotopic (exact) mass is 397 g/mol. The third-order valence-corrected chi connectivity index (χ3v) is 5.13. The molecule has 0 saturated heterocycles. The molecule has 0 spiro atoms. The van der Waals surface area contributed by atoms with Gasteiger partial charge in [-0.05, 0) is 42.7 Å². The second kappa shape index (κ2) is 7.42. The van der Waals surface area contributed by atoms with Crippen molar-refractivity contribution in [2.45, 2.75) is 31.3 Å². The van der Waals surface area contributed by atoms with Crippen LogP contribution in [0.15, 0.2) is 53.1 Å². The molecule has 148 valence electrons. The van der Waals surface area contributed by atoms with Gasteiger partial charge >= 0.3 is 5.97 Å². The molecule has 1 saturated carbocycles. The highest BCUT2D eigenvalue weighted by Crippen LogP contribution is 2.45. The van der Waals surface area contributed by atoms with Crippen LogP contribution in [0.2, 0.25) is 0 Å². The number of carbonyl (C=O) groups excluding carboxylic acids is 1. The lowest BCUT2D eigenvalue weighted by molar-refractivity contribution is -0.384. The number of rotatable bonds is 6. The number of non-ortho nitro benzene ring substituents is 1. The second-order valence-corrected chi connectivity index (χ2v) is 6.83. The molecule has 1 heterocycles. The van der Waals surface area contributed by atoms with Crippen molar-refractivity contribution < 1.29 is 23.4 Å². The fourth-order valence-electron chi connectivity index (χ4n) is 3.34. The van der Waals surface area contributed by atoms with Gasteiger partial charge in [0.25, 0.3) is 11.6 Å². The predicted octanol–water partition coefficient (Wildman–Crippen LogP) is 3.95. The molecule has 0 bridgehead atoms. The molecule has 3 aromatic rings. The number of benzene rings is 2. The van der Waals surface area contributed by atoms with Crippen LogP contribution < -0.4 is 0 Å². The Morgan fingerprint density at radius 1 is 1.17 bits per heavy atom. The highest BCUT2D eigenvalue weighted by Gasteiger charge is 2.47. The van der Waals surface area contributed by atoms with Crippen LogP contribution >= 0.6 is 0 Å². The van der Waals surface area contributed by atoms with Crippen molar-refractivity contribution in [1.29, 1.82) is 0 Å². The van der Waals surface area contributed by atoms with Gasteiger partial charge in [-0.3, -0.25) is 14.9 Å². The van der Waals surface area contributed by atoms with E-state index in [0.717, 1.165) is 12.0 Å². The Bertz CT molecular complexity index is 1040. The molecule has 1 aliphatic carbocycles. The Kier molecular flexibility index (Phi) is 4.79. The lowest BCUT2D eigenvalue weighted by Gasteiger charge is -2.39. The van der Waals surface area contributed by atoms with E-state index in [-0.39, 0.29) is 29.8 Å². The number of nitrogens with zero attached hydrogens (tertiary/aromatic N) is 3. The van der Waals surface area contributed by atoms with E-state index in [1.165, 1.54) is 36.4 Å². The van der Waals surface area contributed by atoms with Crippen molar-refractivity contribution in [1.82, 2.24) is 10.1 Å². The molecule has 8 nitrogen and oxygen atoms in total. The van der Waals surface area contributed by atoms with Crippen molar-refractivity contribution in [3.05, 3.63) is 75.9 Å². The molecule has 0 unspecified atom stereocenters. The normalized spacial score (nSPS) is 14.8. The van der Waals surface area contributed by atoms with Gasteiger partial charge in [-0.1, -0.05) is 23.7 Å². The molecule has 9 heteroatoms. The first-order valence-corrected chi connectivity index (χ1v) is 8.99. The zero-order valence-electron chi connectivity index (χ0n) is 15.2. The summed E-state index contributed by atoms with van der Waals surface area (Å²) in [4.78, 5) is 27.1. The van der Waals surface area contributed by atoms with Crippen LogP contribution in [0.1, 0.15) is 30.7 Å². The molecule has 1 fully saturated rings. The Morgan fingerprint density at radius 2 is 1.86 bits per heavy atom. The van der Waals surface area contributed by atoms with E-state index in [1.54, 1.807) is 12.1 Å². The van der Waals surface area contributed by atoms with E-state index in [9.17, 15) is 19.3 Å². The number of nitro groups is 1. The van der Waals surface area contributed by atoms with E-state index in [1.807, 2.05) is 0 Å². The number of halogens is 1. The van der Waals surface area contributed by atoms with E-state index in [0.29, 0.717) is 18.4 Å². The molecule has 4 rings (SSSR count). The van der Waals surface area contributed by atoms with Gasteiger partial charge in [-0.15, -0.1) is 0 Å². The van der Waals surface area contributed by atoms with Crippen LogP contribution in [-0.4, -0.2) is 21.0 Å². The third kappa shape index (κ3) is 3.58. The van der Waals surface area contributed by atoms with Crippen molar-refractivity contribution in [2.24, 2.45) is 0 Å². The van der Waals surface area contributed by atoms with E-state index in [4.69, 9.17) is 9.26 Å². The molecular formula is C20H16FN3O5. The third-order valence-electron chi connectivity index (χ3n) is 5.13. The highest BCUT2D eigenvalue weighted by molar-refractivity contribution is 5.84. The van der Waals surface area contributed by atoms with Crippen LogP contribution in [0.5, 0.6) is 0 Å². The van der Waals surface area contributed by atoms with E-state index < -0.39 is 16.3 Å². The van der Waals surface area contributed by atoms with Gasteiger partial charge in [-0.2, -0.15) is 4.98 Å². The summed E-state index contributed by atoms with van der Waals surface area (Å²) in [6.07, 6.45) is 2.15. The van der Waals surface area contributed by atoms with E-state index in [2.05, 4.69) is 10.1 Å². The maximum absolute atomic E-state index is 13.2. The Labute approximate surface area is 164 Å². The predicted molar refractivity (Wildman–Crippen MR) is 98.1 cm³/mol. The molecule has 0 atom stereocenters. The Morgan fingerprint density at radius 3 is 2.45 bits per heavy atom. The summed E-state index contributed by atoms with van der Waals surface area (Å²) in [5.41, 5.74) is 0.457. The Hall–Kier alpha value is -3.62. The summed E-state index contributed by atoms with van der Waals surface area (Å²) in [6.45, 7) is -0.193. The molecule has 1 aliphatic rings. The molecule has 0 N–H and O–H groups in total. The first-order valence-electron chi connectivity index (χ1n) is 8.99. The van der Waals surface area contributed by atoms with Gasteiger partial charge in [-0.25, -0.2) is 4.39 Å². The summed E-state index contributed by atoms with van der Waals surface area (Å²) >= 11 is 0. The van der Waals surface area contributed by atoms with Gasteiger partial charge in [0.2, 0.25) is 5.82 Å². The number of nitro benzene ring substituents is 1. The van der Waals surface area contributed by atoms with Gasteiger partial charge in [0.15, 0.2) is 6.61 Å². The van der Waals surface area contributed by atoms with Crippen molar-refractivity contribution in [3.8, 4) is 11.4 Å². The van der Waals surface area contributed by atoms with Crippen LogP contribution in [0.25, 0.3) is 11.4 Å². The quantitative estimate of drug-likeness (QED) is 0.352. The van der Waals surface area contributed by atoms with E-state index >= 15 is 0 Å². The van der Waals surface area contributed by atoms with Crippen molar-refractivity contribution in [3.63, 3.8) is 0 Å². The van der Waals surface area contributed by atoms with Gasteiger partial charge in [0.05, 0.1) is 10.3 Å². The summed E-state index contributed by atoms with van der Waals surface area (Å²) in [5, 5.41) is 14.5. The second-order valence-electron chi connectivity index (χ2n) is 6.83. The van der Waals surface area contributed by atoms with Crippen LogP contribution in [-0.2, 0) is 21.6 Å². The van der Waals surface area contributed by atoms with Crippen LogP contribution in [0.3, 0.4) is 0 Å². The number of ether oxygens (including phenoxy) is 1. The number of carbonyl (C=O) groups is 1. The van der Waals surface area contributed by atoms with Crippen LogP contribution in [0.4, 0.5) is 10.1 Å². The molecule has 2 aromatic carbocycles. The lowest BCUT2D eigenvalue weighted by Crippen LogP contribution is -2.43. The highest BCUT2D eigenvalue weighted by atomic mass is 19.1. The minimum atomic E-state index is -0.769. The molecule has 0 amide bonds. The molecule has 0 aliphatic heterocycles. The summed E-state index contributed by atoms with van der Waals surface area (Å²) in [7, 11) is 0. The largest absolute Gasteiger partial charge is 0.455 e. The van der Waals surface area contributed by atoms with Crippen molar-refractivity contribution >= 4 is 11.7 Å². The SMILES string of the molecule is O=C(OCc1nc(-c2ccc([N+](=O)[O-])cc2)no1)C1(c2ccc(F)cc2)CCC1. The lowest BCUT2D eigenvalue weighted by atomic mass is 9.64. The number of aromatic nitrogens is 2.